The third kappa shape index (κ3) is 3.66. The van der Waals surface area contributed by atoms with Gasteiger partial charge >= 0.3 is 5.97 Å². The molecule has 3 nitrogen and oxygen atoms in total. The van der Waals surface area contributed by atoms with Crippen molar-refractivity contribution in [2.75, 3.05) is 0 Å². The van der Waals surface area contributed by atoms with Crippen molar-refractivity contribution in [1.82, 2.24) is 0 Å². The number of ketones is 1. The van der Waals surface area contributed by atoms with E-state index in [-0.39, 0.29) is 17.6 Å². The molecule has 102 valence electrons. The van der Waals surface area contributed by atoms with Crippen LogP contribution < -0.4 is 0 Å². The van der Waals surface area contributed by atoms with Crippen LogP contribution in [0.15, 0.2) is 28.7 Å². The van der Waals surface area contributed by atoms with Crippen LogP contribution in [0.25, 0.3) is 0 Å². The largest absolute Gasteiger partial charge is 0.481 e. The average molecular weight is 325 g/mol. The fourth-order valence-corrected chi connectivity index (χ4v) is 3.03. The zero-order chi connectivity index (χ0) is 13.8. The highest BCUT2D eigenvalue weighted by Gasteiger charge is 2.32. The number of benzene rings is 1. The first-order valence-electron chi connectivity index (χ1n) is 6.59. The van der Waals surface area contributed by atoms with Crippen LogP contribution >= 0.6 is 15.9 Å². The normalized spacial score (nSPS) is 23.0. The third-order valence-electron chi connectivity index (χ3n) is 3.84. The lowest BCUT2D eigenvalue weighted by Gasteiger charge is -2.27. The van der Waals surface area contributed by atoms with E-state index >= 15 is 0 Å². The summed E-state index contributed by atoms with van der Waals surface area (Å²) in [6.07, 6.45) is 3.88. The SMILES string of the molecule is O=C(CC1CCCCC1C(=O)O)c1ccc(Br)cc1. The maximum Gasteiger partial charge on any atom is 0.306 e. The summed E-state index contributed by atoms with van der Waals surface area (Å²) in [7, 11) is 0. The first-order chi connectivity index (χ1) is 9.08. The van der Waals surface area contributed by atoms with Crippen LogP contribution in [0.1, 0.15) is 42.5 Å². The molecule has 1 N–H and O–H groups in total. The van der Waals surface area contributed by atoms with E-state index in [0.717, 1.165) is 23.7 Å². The maximum atomic E-state index is 12.2. The highest BCUT2D eigenvalue weighted by atomic mass is 79.9. The number of Topliss-reactive ketones (excluding diaryl/α,β-unsaturated/α-hetero) is 1. The van der Waals surface area contributed by atoms with Gasteiger partial charge in [0.05, 0.1) is 5.92 Å². The summed E-state index contributed by atoms with van der Waals surface area (Å²) in [4.78, 5) is 23.4. The number of carbonyl (C=O) groups excluding carboxylic acids is 1. The van der Waals surface area contributed by atoms with Crippen molar-refractivity contribution < 1.29 is 14.7 Å². The molecular weight excluding hydrogens is 308 g/mol. The van der Waals surface area contributed by atoms with Gasteiger partial charge in [0.15, 0.2) is 5.78 Å². The van der Waals surface area contributed by atoms with Gasteiger partial charge in [-0.1, -0.05) is 40.9 Å². The lowest BCUT2D eigenvalue weighted by atomic mass is 9.76. The lowest BCUT2D eigenvalue weighted by Crippen LogP contribution is -2.28. The predicted octanol–water partition coefficient (Wildman–Crippen LogP) is 3.91. The van der Waals surface area contributed by atoms with Crippen molar-refractivity contribution in [3.8, 4) is 0 Å². The van der Waals surface area contributed by atoms with E-state index in [0.29, 0.717) is 18.4 Å². The number of halogens is 1. The molecule has 1 aromatic carbocycles. The molecule has 4 heteroatoms. The Bertz CT molecular complexity index is 467. The Hall–Kier alpha value is -1.16. The van der Waals surface area contributed by atoms with Crippen molar-refractivity contribution in [2.24, 2.45) is 11.8 Å². The van der Waals surface area contributed by atoms with Gasteiger partial charge in [-0.2, -0.15) is 0 Å². The third-order valence-corrected chi connectivity index (χ3v) is 4.37. The van der Waals surface area contributed by atoms with Gasteiger partial charge in [-0.25, -0.2) is 0 Å². The topological polar surface area (TPSA) is 54.4 Å². The minimum atomic E-state index is -0.756. The molecule has 1 saturated carbocycles. The van der Waals surface area contributed by atoms with Crippen molar-refractivity contribution in [1.29, 1.82) is 0 Å². The van der Waals surface area contributed by atoms with Gasteiger partial charge in [-0.3, -0.25) is 9.59 Å². The molecule has 2 unspecified atom stereocenters. The number of rotatable bonds is 4. The molecule has 0 aliphatic heterocycles. The molecule has 0 bridgehead atoms. The second-order valence-electron chi connectivity index (χ2n) is 5.12. The van der Waals surface area contributed by atoms with Crippen molar-refractivity contribution >= 4 is 27.7 Å². The smallest absolute Gasteiger partial charge is 0.306 e. The zero-order valence-corrected chi connectivity index (χ0v) is 12.2. The van der Waals surface area contributed by atoms with Gasteiger partial charge in [-0.15, -0.1) is 0 Å². The minimum absolute atomic E-state index is 0.0117. The molecule has 0 aromatic heterocycles. The van der Waals surface area contributed by atoms with E-state index < -0.39 is 5.97 Å². The van der Waals surface area contributed by atoms with E-state index in [4.69, 9.17) is 0 Å². The summed E-state index contributed by atoms with van der Waals surface area (Å²) in [5.41, 5.74) is 0.665. The van der Waals surface area contributed by atoms with Crippen LogP contribution in [0, 0.1) is 11.8 Å². The quantitative estimate of drug-likeness (QED) is 0.854. The molecule has 19 heavy (non-hydrogen) atoms. The second kappa shape index (κ2) is 6.33. The fourth-order valence-electron chi connectivity index (χ4n) is 2.77. The minimum Gasteiger partial charge on any atom is -0.481 e. The summed E-state index contributed by atoms with van der Waals surface area (Å²) in [5, 5.41) is 9.21. The van der Waals surface area contributed by atoms with E-state index in [1.807, 2.05) is 12.1 Å². The Balaban J connectivity index is 2.04. The first kappa shape index (κ1) is 14.3. The van der Waals surface area contributed by atoms with E-state index in [1.54, 1.807) is 12.1 Å². The molecule has 0 radical (unpaired) electrons. The Morgan fingerprint density at radius 3 is 2.42 bits per heavy atom. The monoisotopic (exact) mass is 324 g/mol. The van der Waals surface area contributed by atoms with Crippen LogP contribution in [0.2, 0.25) is 0 Å². The predicted molar refractivity (Wildman–Crippen MR) is 76.2 cm³/mol. The molecule has 1 fully saturated rings. The fraction of sp³-hybridized carbons (Fsp3) is 0.467. The summed E-state index contributed by atoms with van der Waals surface area (Å²) >= 11 is 3.33. The number of hydrogen-bond acceptors (Lipinski definition) is 2. The van der Waals surface area contributed by atoms with E-state index in [2.05, 4.69) is 15.9 Å². The second-order valence-corrected chi connectivity index (χ2v) is 6.04. The molecule has 2 rings (SSSR count). The Labute approximate surface area is 121 Å². The molecule has 0 heterocycles. The summed E-state index contributed by atoms with van der Waals surface area (Å²) in [6, 6.07) is 7.24. The molecule has 0 amide bonds. The highest BCUT2D eigenvalue weighted by Crippen LogP contribution is 2.33. The Morgan fingerprint density at radius 2 is 1.79 bits per heavy atom. The van der Waals surface area contributed by atoms with E-state index in [9.17, 15) is 14.7 Å². The molecule has 2 atom stereocenters. The molecular formula is C15H17BrO3. The number of carboxylic acids is 1. The van der Waals surface area contributed by atoms with Crippen molar-refractivity contribution in [3.05, 3.63) is 34.3 Å². The summed E-state index contributed by atoms with van der Waals surface area (Å²) in [5.74, 6) is -1.07. The Kier molecular flexibility index (Phi) is 4.75. The van der Waals surface area contributed by atoms with Gasteiger partial charge in [0.25, 0.3) is 0 Å². The molecule has 0 spiro atoms. The van der Waals surface area contributed by atoms with Crippen LogP contribution in [-0.4, -0.2) is 16.9 Å². The number of carboxylic acid groups (broad SMARTS) is 1. The van der Waals surface area contributed by atoms with Crippen LogP contribution in [0.3, 0.4) is 0 Å². The van der Waals surface area contributed by atoms with Gasteiger partial charge < -0.3 is 5.11 Å². The van der Waals surface area contributed by atoms with Crippen LogP contribution in [-0.2, 0) is 4.79 Å². The molecule has 0 saturated heterocycles. The van der Waals surface area contributed by atoms with Crippen LogP contribution in [0.4, 0.5) is 0 Å². The first-order valence-corrected chi connectivity index (χ1v) is 7.39. The molecule has 1 aromatic rings. The average Bonchev–Trinajstić information content (AvgIpc) is 2.39. The van der Waals surface area contributed by atoms with Crippen molar-refractivity contribution in [2.45, 2.75) is 32.1 Å². The lowest BCUT2D eigenvalue weighted by molar-refractivity contribution is -0.144. The maximum absolute atomic E-state index is 12.2. The van der Waals surface area contributed by atoms with Crippen LogP contribution in [0.5, 0.6) is 0 Å². The highest BCUT2D eigenvalue weighted by molar-refractivity contribution is 9.10. The van der Waals surface area contributed by atoms with Crippen molar-refractivity contribution in [3.63, 3.8) is 0 Å². The molecule has 1 aliphatic carbocycles. The number of aliphatic carboxylic acids is 1. The van der Waals surface area contributed by atoms with Gasteiger partial charge in [0, 0.05) is 16.5 Å². The summed E-state index contributed by atoms with van der Waals surface area (Å²) in [6.45, 7) is 0. The standard InChI is InChI=1S/C15H17BrO3/c16-12-7-5-10(6-8-12)14(17)9-11-3-1-2-4-13(11)15(18)19/h5-8,11,13H,1-4,9H2,(H,18,19). The number of carbonyl (C=O) groups is 2. The molecule has 1 aliphatic rings. The van der Waals surface area contributed by atoms with Gasteiger partial charge in [0.1, 0.15) is 0 Å². The number of hydrogen-bond donors (Lipinski definition) is 1. The van der Waals surface area contributed by atoms with Gasteiger partial charge in [0.2, 0.25) is 0 Å². The Morgan fingerprint density at radius 1 is 1.16 bits per heavy atom. The van der Waals surface area contributed by atoms with Gasteiger partial charge in [-0.05, 0) is 30.9 Å². The van der Waals surface area contributed by atoms with E-state index in [1.165, 1.54) is 0 Å². The summed E-state index contributed by atoms with van der Waals surface area (Å²) < 4.78 is 0.935. The zero-order valence-electron chi connectivity index (χ0n) is 10.6.